The zero-order valence-corrected chi connectivity index (χ0v) is 19.8. The molecule has 0 aliphatic rings. The second-order valence-electron chi connectivity index (χ2n) is 9.56. The van der Waals surface area contributed by atoms with Gasteiger partial charge in [0.15, 0.2) is 5.78 Å². The van der Waals surface area contributed by atoms with Crippen LogP contribution in [0.2, 0.25) is 0 Å². The third kappa shape index (κ3) is 2.30. The van der Waals surface area contributed by atoms with Crippen molar-refractivity contribution in [3.8, 4) is 11.5 Å². The van der Waals surface area contributed by atoms with Crippen LogP contribution in [0.15, 0.2) is 84.9 Å². The molecule has 3 heteroatoms. The van der Waals surface area contributed by atoms with Gasteiger partial charge in [-0.1, -0.05) is 60.7 Å². The average molecular weight is 465 g/mol. The van der Waals surface area contributed by atoms with E-state index in [4.69, 9.17) is 9.47 Å². The van der Waals surface area contributed by atoms with Crippen molar-refractivity contribution in [3.05, 3.63) is 96.1 Å². The molecule has 36 heavy (non-hydrogen) atoms. The van der Waals surface area contributed by atoms with Gasteiger partial charge in [0.25, 0.3) is 0 Å². The highest BCUT2D eigenvalue weighted by molar-refractivity contribution is 6.45. The molecule has 0 bridgehead atoms. The number of carbonyl (C=O) groups excluding carboxylic acids is 1. The molecule has 8 aromatic carbocycles. The summed E-state index contributed by atoms with van der Waals surface area (Å²) in [6, 6.07) is 29.3. The Morgan fingerprint density at radius 1 is 0.500 bits per heavy atom. The third-order valence-corrected chi connectivity index (χ3v) is 7.90. The minimum Gasteiger partial charge on any atom is -0.497 e. The predicted molar refractivity (Wildman–Crippen MR) is 148 cm³/mol. The van der Waals surface area contributed by atoms with E-state index in [1.54, 1.807) is 26.4 Å². The highest BCUT2D eigenvalue weighted by Crippen LogP contribution is 2.49. The first-order valence-corrected chi connectivity index (χ1v) is 12.0. The molecule has 0 aliphatic carbocycles. The first kappa shape index (κ1) is 19.7. The van der Waals surface area contributed by atoms with Gasteiger partial charge in [0.05, 0.1) is 19.8 Å². The summed E-state index contributed by atoms with van der Waals surface area (Å²) in [5, 5.41) is 14.5. The van der Waals surface area contributed by atoms with E-state index in [9.17, 15) is 4.79 Å². The largest absolute Gasteiger partial charge is 0.497 e. The minimum absolute atomic E-state index is 0.0555. The minimum atomic E-state index is -0.0555. The molecular formula is C33H20O3. The van der Waals surface area contributed by atoms with Crippen molar-refractivity contribution >= 4 is 70.4 Å². The van der Waals surface area contributed by atoms with Crippen LogP contribution in [0.3, 0.4) is 0 Å². The molecule has 0 aromatic heterocycles. The van der Waals surface area contributed by atoms with Crippen LogP contribution in [0.5, 0.6) is 11.5 Å². The zero-order valence-electron chi connectivity index (χ0n) is 19.8. The summed E-state index contributed by atoms with van der Waals surface area (Å²) in [5.41, 5.74) is 1.21. The number of hydrogen-bond acceptors (Lipinski definition) is 3. The molecule has 170 valence electrons. The molecule has 0 saturated heterocycles. The van der Waals surface area contributed by atoms with Crippen molar-refractivity contribution in [2.75, 3.05) is 14.2 Å². The fourth-order valence-electron chi connectivity index (χ4n) is 6.31. The lowest BCUT2D eigenvalue weighted by atomic mass is 9.81. The van der Waals surface area contributed by atoms with Gasteiger partial charge in [0.1, 0.15) is 11.5 Å². The monoisotopic (exact) mass is 464 g/mol. The van der Waals surface area contributed by atoms with Gasteiger partial charge in [-0.2, -0.15) is 0 Å². The standard InChI is InChI=1S/C33H20O3/c1-35-22-12-14-24(26(16-22)36-2)33(34)25-15-21-10-9-19-6-4-17-3-5-18-7-8-20-11-13-23(25)32-30(20)28(18)27(17)29(19)31(21)32/h3-16H,1-2H3. The lowest BCUT2D eigenvalue weighted by molar-refractivity contribution is 0.103. The lowest BCUT2D eigenvalue weighted by Gasteiger charge is -2.22. The Labute approximate surface area is 206 Å². The van der Waals surface area contributed by atoms with Crippen LogP contribution in [0.4, 0.5) is 0 Å². The predicted octanol–water partition coefficient (Wildman–Crippen LogP) is 8.17. The Morgan fingerprint density at radius 2 is 1.00 bits per heavy atom. The van der Waals surface area contributed by atoms with E-state index in [-0.39, 0.29) is 5.78 Å². The van der Waals surface area contributed by atoms with E-state index in [1.165, 1.54) is 53.9 Å². The summed E-state index contributed by atoms with van der Waals surface area (Å²) in [7, 11) is 3.19. The SMILES string of the molecule is COc1ccc(C(=O)c2cc3ccc4ccc5ccc6ccc7ccc2c2c7c6c5c4c32)c(OC)c1. The number of methoxy groups -OCH3 is 2. The van der Waals surface area contributed by atoms with Gasteiger partial charge in [-0.05, 0) is 82.8 Å². The van der Waals surface area contributed by atoms with Crippen LogP contribution in [0.25, 0.3) is 64.6 Å². The summed E-state index contributed by atoms with van der Waals surface area (Å²) >= 11 is 0. The fraction of sp³-hybridized carbons (Fsp3) is 0.0606. The molecule has 0 fully saturated rings. The van der Waals surface area contributed by atoms with Crippen LogP contribution in [-0.4, -0.2) is 20.0 Å². The normalized spacial score (nSPS) is 12.3. The number of hydrogen-bond donors (Lipinski definition) is 0. The van der Waals surface area contributed by atoms with Crippen molar-refractivity contribution < 1.29 is 14.3 Å². The van der Waals surface area contributed by atoms with Crippen LogP contribution in [-0.2, 0) is 0 Å². The van der Waals surface area contributed by atoms with Gasteiger partial charge in [-0.3, -0.25) is 4.79 Å². The van der Waals surface area contributed by atoms with Crippen LogP contribution < -0.4 is 9.47 Å². The van der Waals surface area contributed by atoms with E-state index in [0.717, 1.165) is 10.8 Å². The maximum Gasteiger partial charge on any atom is 0.197 e. The molecule has 0 saturated carbocycles. The van der Waals surface area contributed by atoms with Crippen molar-refractivity contribution in [3.63, 3.8) is 0 Å². The Bertz CT molecular complexity index is 2080. The van der Waals surface area contributed by atoms with Gasteiger partial charge in [0, 0.05) is 11.6 Å². The molecule has 3 nitrogen and oxygen atoms in total. The maximum absolute atomic E-state index is 14.1. The molecule has 8 rings (SSSR count). The number of benzene rings is 8. The smallest absolute Gasteiger partial charge is 0.197 e. The number of rotatable bonds is 4. The number of ether oxygens (including phenoxy) is 2. The molecular weight excluding hydrogens is 444 g/mol. The Morgan fingerprint density at radius 3 is 1.56 bits per heavy atom. The summed E-state index contributed by atoms with van der Waals surface area (Å²) in [6.07, 6.45) is 0. The van der Waals surface area contributed by atoms with E-state index in [0.29, 0.717) is 22.6 Å². The number of ketones is 1. The van der Waals surface area contributed by atoms with Crippen LogP contribution in [0.1, 0.15) is 15.9 Å². The maximum atomic E-state index is 14.1. The highest BCUT2D eigenvalue weighted by Gasteiger charge is 2.24. The van der Waals surface area contributed by atoms with Gasteiger partial charge in [-0.15, -0.1) is 0 Å². The average Bonchev–Trinajstić information content (AvgIpc) is 2.94. The van der Waals surface area contributed by atoms with Gasteiger partial charge in [-0.25, -0.2) is 0 Å². The van der Waals surface area contributed by atoms with Crippen molar-refractivity contribution in [2.24, 2.45) is 0 Å². The summed E-state index contributed by atoms with van der Waals surface area (Å²) in [5.74, 6) is 1.11. The zero-order chi connectivity index (χ0) is 24.1. The molecule has 8 aromatic rings. The molecule has 0 amide bonds. The molecule has 0 unspecified atom stereocenters. The van der Waals surface area contributed by atoms with E-state index >= 15 is 0 Å². The fourth-order valence-corrected chi connectivity index (χ4v) is 6.31. The molecule has 0 N–H and O–H groups in total. The van der Waals surface area contributed by atoms with E-state index in [1.807, 2.05) is 6.07 Å². The van der Waals surface area contributed by atoms with Crippen molar-refractivity contribution in [1.29, 1.82) is 0 Å². The molecule has 0 atom stereocenters. The van der Waals surface area contributed by atoms with Crippen LogP contribution >= 0.6 is 0 Å². The summed E-state index contributed by atoms with van der Waals surface area (Å²) in [6.45, 7) is 0. The number of carbonyl (C=O) groups is 1. The molecule has 0 spiro atoms. The summed E-state index contributed by atoms with van der Waals surface area (Å²) in [4.78, 5) is 14.1. The van der Waals surface area contributed by atoms with Gasteiger partial charge in [0.2, 0.25) is 0 Å². The Kier molecular flexibility index (Phi) is 3.68. The third-order valence-electron chi connectivity index (χ3n) is 7.90. The Hall–Kier alpha value is -4.63. The topological polar surface area (TPSA) is 35.5 Å². The Balaban J connectivity index is 1.58. The summed E-state index contributed by atoms with van der Waals surface area (Å²) < 4.78 is 10.9. The second kappa shape index (κ2) is 6.73. The lowest BCUT2D eigenvalue weighted by Crippen LogP contribution is -2.06. The van der Waals surface area contributed by atoms with Crippen molar-refractivity contribution in [2.45, 2.75) is 0 Å². The first-order chi connectivity index (χ1) is 17.7. The van der Waals surface area contributed by atoms with Gasteiger partial charge >= 0.3 is 0 Å². The highest BCUT2D eigenvalue weighted by atomic mass is 16.5. The van der Waals surface area contributed by atoms with Gasteiger partial charge < -0.3 is 9.47 Å². The second-order valence-corrected chi connectivity index (χ2v) is 9.56. The molecule has 0 aliphatic heterocycles. The first-order valence-electron chi connectivity index (χ1n) is 12.0. The molecule has 0 radical (unpaired) electrons. The quantitative estimate of drug-likeness (QED) is 0.150. The van der Waals surface area contributed by atoms with E-state index < -0.39 is 0 Å². The van der Waals surface area contributed by atoms with Crippen LogP contribution in [0, 0.1) is 0 Å². The van der Waals surface area contributed by atoms with Crippen molar-refractivity contribution in [1.82, 2.24) is 0 Å². The molecule has 0 heterocycles. The van der Waals surface area contributed by atoms with E-state index in [2.05, 4.69) is 66.7 Å².